The molecular formula is C19H26F2N2O5S. The van der Waals surface area contributed by atoms with Gasteiger partial charge in [-0.25, -0.2) is 17.2 Å². The molecule has 0 aliphatic carbocycles. The molecule has 0 atom stereocenters. The van der Waals surface area contributed by atoms with Gasteiger partial charge < -0.3 is 10.1 Å². The summed E-state index contributed by atoms with van der Waals surface area (Å²) in [6.45, 7) is 2.15. The van der Waals surface area contributed by atoms with Gasteiger partial charge in [-0.05, 0) is 37.5 Å². The van der Waals surface area contributed by atoms with E-state index in [2.05, 4.69) is 12.2 Å². The Morgan fingerprint density at radius 2 is 1.90 bits per heavy atom. The summed E-state index contributed by atoms with van der Waals surface area (Å²) in [5.74, 6) is -3.38. The molecule has 1 amide bonds. The van der Waals surface area contributed by atoms with E-state index in [9.17, 15) is 26.8 Å². The van der Waals surface area contributed by atoms with E-state index in [1.54, 1.807) is 0 Å². The average Bonchev–Trinajstić information content (AvgIpc) is 2.71. The number of halogens is 2. The van der Waals surface area contributed by atoms with Crippen LogP contribution in [-0.2, 0) is 24.3 Å². The van der Waals surface area contributed by atoms with Gasteiger partial charge in [0.1, 0.15) is 16.5 Å². The standard InChI is InChI=1S/C19H26F2N2O5S/c1-2-3-4-9-22-18(24)13-28-19(25)14-7-10-23(11-8-14)29(26,27)17-12-15(20)5-6-16(17)21/h5-6,12,14H,2-4,7-11,13H2,1H3,(H,22,24). The first-order valence-corrected chi connectivity index (χ1v) is 11.1. The molecule has 0 bridgehead atoms. The van der Waals surface area contributed by atoms with Crippen molar-refractivity contribution in [2.24, 2.45) is 5.92 Å². The van der Waals surface area contributed by atoms with Gasteiger partial charge in [-0.3, -0.25) is 9.59 Å². The van der Waals surface area contributed by atoms with Crippen LogP contribution >= 0.6 is 0 Å². The van der Waals surface area contributed by atoms with E-state index in [4.69, 9.17) is 4.74 Å². The highest BCUT2D eigenvalue weighted by Crippen LogP contribution is 2.26. The monoisotopic (exact) mass is 432 g/mol. The molecule has 1 fully saturated rings. The lowest BCUT2D eigenvalue weighted by atomic mass is 9.98. The van der Waals surface area contributed by atoms with Gasteiger partial charge in [0.2, 0.25) is 10.0 Å². The first-order valence-electron chi connectivity index (χ1n) is 9.64. The summed E-state index contributed by atoms with van der Waals surface area (Å²) in [6, 6.07) is 2.25. The van der Waals surface area contributed by atoms with Gasteiger partial charge in [-0.15, -0.1) is 0 Å². The second-order valence-corrected chi connectivity index (χ2v) is 8.82. The van der Waals surface area contributed by atoms with E-state index in [1.807, 2.05) is 0 Å². The topological polar surface area (TPSA) is 92.8 Å². The molecule has 1 aliphatic rings. The number of benzene rings is 1. The van der Waals surface area contributed by atoms with E-state index in [-0.39, 0.29) is 38.4 Å². The van der Waals surface area contributed by atoms with Crippen molar-refractivity contribution in [1.29, 1.82) is 0 Å². The third-order valence-corrected chi connectivity index (χ3v) is 6.66. The molecule has 0 aromatic heterocycles. The van der Waals surface area contributed by atoms with Gasteiger partial charge in [0.25, 0.3) is 5.91 Å². The lowest BCUT2D eigenvalue weighted by Gasteiger charge is -2.30. The number of piperidine rings is 1. The van der Waals surface area contributed by atoms with Crippen LogP contribution in [0.5, 0.6) is 0 Å². The lowest BCUT2D eigenvalue weighted by molar-refractivity contribution is -0.153. The Morgan fingerprint density at radius 1 is 1.21 bits per heavy atom. The van der Waals surface area contributed by atoms with Gasteiger partial charge in [-0.2, -0.15) is 4.31 Å². The van der Waals surface area contributed by atoms with Gasteiger partial charge in [0, 0.05) is 19.6 Å². The molecule has 0 unspecified atom stereocenters. The number of carbonyl (C=O) groups is 2. The Kier molecular flexibility index (Phi) is 8.51. The van der Waals surface area contributed by atoms with Crippen molar-refractivity contribution in [3.8, 4) is 0 Å². The predicted octanol–water partition coefficient (Wildman–Crippen LogP) is 2.22. The number of hydrogen-bond donors (Lipinski definition) is 1. The van der Waals surface area contributed by atoms with Gasteiger partial charge in [0.15, 0.2) is 6.61 Å². The fourth-order valence-corrected chi connectivity index (χ4v) is 4.60. The Hall–Kier alpha value is -2.07. The number of amides is 1. The maximum atomic E-state index is 13.8. The molecule has 0 radical (unpaired) electrons. The van der Waals surface area contributed by atoms with E-state index in [0.717, 1.165) is 35.7 Å². The van der Waals surface area contributed by atoms with Crippen LogP contribution in [0.4, 0.5) is 8.78 Å². The summed E-state index contributed by atoms with van der Waals surface area (Å²) in [5, 5.41) is 2.66. The van der Waals surface area contributed by atoms with Crippen LogP contribution in [0.25, 0.3) is 0 Å². The minimum Gasteiger partial charge on any atom is -0.455 e. The Bertz CT molecular complexity index is 824. The molecule has 29 heavy (non-hydrogen) atoms. The summed E-state index contributed by atoms with van der Waals surface area (Å²) in [6.07, 6.45) is 3.24. The van der Waals surface area contributed by atoms with Crippen LogP contribution in [0.1, 0.15) is 39.0 Å². The molecule has 1 aliphatic heterocycles. The minimum absolute atomic E-state index is 0.0265. The molecule has 1 saturated heterocycles. The number of hydrogen-bond acceptors (Lipinski definition) is 5. The van der Waals surface area contributed by atoms with Crippen LogP contribution in [-0.4, -0.2) is 50.8 Å². The van der Waals surface area contributed by atoms with Crippen molar-refractivity contribution in [3.05, 3.63) is 29.8 Å². The molecule has 1 N–H and O–H groups in total. The minimum atomic E-state index is -4.20. The maximum absolute atomic E-state index is 13.8. The maximum Gasteiger partial charge on any atom is 0.309 e. The van der Waals surface area contributed by atoms with E-state index in [0.29, 0.717) is 12.6 Å². The molecule has 0 spiro atoms. The fourth-order valence-electron chi connectivity index (χ4n) is 3.05. The Morgan fingerprint density at radius 3 is 2.55 bits per heavy atom. The molecule has 2 rings (SSSR count). The number of esters is 1. The summed E-state index contributed by atoms with van der Waals surface area (Å²) in [5.41, 5.74) is 0. The zero-order chi connectivity index (χ0) is 21.4. The third-order valence-electron chi connectivity index (χ3n) is 4.75. The van der Waals surface area contributed by atoms with Gasteiger partial charge in [-0.1, -0.05) is 19.8 Å². The second kappa shape index (κ2) is 10.6. The number of rotatable bonds is 9. The number of unbranched alkanes of at least 4 members (excludes halogenated alkanes) is 2. The van der Waals surface area contributed by atoms with Crippen molar-refractivity contribution >= 4 is 21.9 Å². The Labute approximate surface area is 169 Å². The van der Waals surface area contributed by atoms with Crippen LogP contribution in [0.15, 0.2) is 23.1 Å². The molecule has 1 aromatic carbocycles. The summed E-state index contributed by atoms with van der Waals surface area (Å²) in [7, 11) is -4.20. The number of sulfonamides is 1. The molecular weight excluding hydrogens is 406 g/mol. The van der Waals surface area contributed by atoms with Crippen LogP contribution in [0.2, 0.25) is 0 Å². The summed E-state index contributed by atoms with van der Waals surface area (Å²) in [4.78, 5) is 23.1. The van der Waals surface area contributed by atoms with Crippen molar-refractivity contribution in [3.63, 3.8) is 0 Å². The third kappa shape index (κ3) is 6.46. The lowest BCUT2D eigenvalue weighted by Crippen LogP contribution is -2.41. The molecule has 162 valence electrons. The van der Waals surface area contributed by atoms with Crippen molar-refractivity contribution in [1.82, 2.24) is 9.62 Å². The van der Waals surface area contributed by atoms with Crippen molar-refractivity contribution < 1.29 is 31.5 Å². The summed E-state index contributed by atoms with van der Waals surface area (Å²) < 4.78 is 58.3. The highest BCUT2D eigenvalue weighted by atomic mass is 32.2. The van der Waals surface area contributed by atoms with E-state index < -0.39 is 38.4 Å². The second-order valence-electron chi connectivity index (χ2n) is 6.92. The van der Waals surface area contributed by atoms with Crippen LogP contribution in [0.3, 0.4) is 0 Å². The quantitative estimate of drug-likeness (QED) is 0.477. The Balaban J connectivity index is 1.83. The SMILES string of the molecule is CCCCCNC(=O)COC(=O)C1CCN(S(=O)(=O)c2cc(F)ccc2F)CC1. The predicted molar refractivity (Wildman–Crippen MR) is 101 cm³/mol. The normalized spacial score (nSPS) is 15.8. The molecule has 1 aromatic rings. The van der Waals surface area contributed by atoms with Crippen LogP contribution in [0, 0.1) is 17.6 Å². The first-order chi connectivity index (χ1) is 13.8. The first kappa shape index (κ1) is 23.2. The van der Waals surface area contributed by atoms with Crippen LogP contribution < -0.4 is 5.32 Å². The number of nitrogens with zero attached hydrogens (tertiary/aromatic N) is 1. The highest BCUT2D eigenvalue weighted by Gasteiger charge is 2.34. The molecule has 0 saturated carbocycles. The molecule has 10 heteroatoms. The smallest absolute Gasteiger partial charge is 0.309 e. The molecule has 7 nitrogen and oxygen atoms in total. The zero-order valence-electron chi connectivity index (χ0n) is 16.3. The number of ether oxygens (including phenoxy) is 1. The zero-order valence-corrected chi connectivity index (χ0v) is 17.1. The number of carbonyl (C=O) groups excluding carboxylic acids is 2. The van der Waals surface area contributed by atoms with Crippen molar-refractivity contribution in [2.75, 3.05) is 26.2 Å². The fraction of sp³-hybridized carbons (Fsp3) is 0.579. The summed E-state index contributed by atoms with van der Waals surface area (Å²) >= 11 is 0. The molecule has 1 heterocycles. The van der Waals surface area contributed by atoms with Crippen molar-refractivity contribution in [2.45, 2.75) is 43.9 Å². The van der Waals surface area contributed by atoms with Gasteiger partial charge >= 0.3 is 5.97 Å². The number of nitrogens with one attached hydrogen (secondary N) is 1. The van der Waals surface area contributed by atoms with Gasteiger partial charge in [0.05, 0.1) is 5.92 Å². The van der Waals surface area contributed by atoms with E-state index in [1.165, 1.54) is 0 Å². The average molecular weight is 432 g/mol. The largest absolute Gasteiger partial charge is 0.455 e. The highest BCUT2D eigenvalue weighted by molar-refractivity contribution is 7.89. The van der Waals surface area contributed by atoms with E-state index >= 15 is 0 Å².